The Kier molecular flexibility index (Phi) is 13.6. The fourth-order valence-electron chi connectivity index (χ4n) is 13.8. The highest BCUT2D eigenvalue weighted by Gasteiger charge is 2.45. The van der Waals surface area contributed by atoms with Crippen LogP contribution in [0, 0.1) is 13.8 Å². The van der Waals surface area contributed by atoms with E-state index in [1.54, 1.807) is 0 Å². The molecule has 436 valence electrons. The van der Waals surface area contributed by atoms with E-state index in [1.807, 2.05) is 0 Å². The Morgan fingerprint density at radius 3 is 1.43 bits per heavy atom. The first kappa shape index (κ1) is 57.5. The van der Waals surface area contributed by atoms with E-state index in [9.17, 15) is 0 Å². The Labute approximate surface area is 519 Å². The molecule has 2 aliphatic heterocycles. The van der Waals surface area contributed by atoms with E-state index in [2.05, 4.69) is 343 Å². The molecular formula is C82H85BN4. The summed E-state index contributed by atoms with van der Waals surface area (Å²) in [5, 5.41) is 2.47. The third-order valence-corrected chi connectivity index (χ3v) is 18.7. The van der Waals surface area contributed by atoms with Gasteiger partial charge in [0.15, 0.2) is 0 Å². The second kappa shape index (κ2) is 20.5. The van der Waals surface area contributed by atoms with Crippen molar-refractivity contribution in [2.45, 2.75) is 145 Å². The number of nitrogens with zero attached hydrogens (tertiary/aromatic N) is 4. The maximum Gasteiger partial charge on any atom is 0.252 e. The molecule has 87 heavy (non-hydrogen) atoms. The molecule has 2 aliphatic rings. The number of aromatic nitrogens is 1. The minimum atomic E-state index is -0.200. The van der Waals surface area contributed by atoms with Crippen molar-refractivity contribution < 1.29 is 0 Å². The van der Waals surface area contributed by atoms with E-state index in [1.165, 1.54) is 122 Å². The van der Waals surface area contributed by atoms with Gasteiger partial charge in [0, 0.05) is 61.8 Å². The van der Waals surface area contributed by atoms with Crippen molar-refractivity contribution in [3.63, 3.8) is 0 Å². The Hall–Kier alpha value is -8.54. The number of fused-ring (bicyclic) bond motifs is 7. The zero-order valence-electron chi connectivity index (χ0n) is 54.5. The van der Waals surface area contributed by atoms with E-state index >= 15 is 0 Å². The van der Waals surface area contributed by atoms with Crippen molar-refractivity contribution in [3.8, 4) is 16.8 Å². The van der Waals surface area contributed by atoms with Crippen LogP contribution in [0.15, 0.2) is 206 Å². The van der Waals surface area contributed by atoms with Crippen LogP contribution in [0.1, 0.15) is 143 Å². The average Bonchev–Trinajstić information content (AvgIpc) is 1.17. The summed E-state index contributed by atoms with van der Waals surface area (Å²) in [4.78, 5) is 7.85. The lowest BCUT2D eigenvalue weighted by Gasteiger charge is -2.46. The van der Waals surface area contributed by atoms with Crippen LogP contribution in [-0.2, 0) is 27.1 Å². The SMILES string of the molecule is Cc1cc(C(C)(C)C)cc(C)c1N(c1ccc2c(c1)N(c1ccc(C(C)(C)C)cc1)c1cc(C(C)(C)C)cc3c1B2c1ccc(C(C)(C)C)cc1N3c1ccc(C(C)(C)C)cc1-c1ccccc1)c1ccc2c3ccccc3n(-c3ccccc3)c2c1. The minimum absolute atomic E-state index is 0.0247. The van der Waals surface area contributed by atoms with Gasteiger partial charge >= 0.3 is 0 Å². The Balaban J connectivity index is 1.13. The molecule has 0 saturated heterocycles. The molecule has 0 fully saturated rings. The molecule has 0 bridgehead atoms. The number of benzene rings is 10. The summed E-state index contributed by atoms with van der Waals surface area (Å²) in [5.74, 6) is 0. The third kappa shape index (κ3) is 9.96. The van der Waals surface area contributed by atoms with E-state index < -0.39 is 0 Å². The highest BCUT2D eigenvalue weighted by atomic mass is 15.2. The summed E-state index contributed by atoms with van der Waals surface area (Å²) in [6.45, 7) is 39.6. The van der Waals surface area contributed by atoms with Crippen molar-refractivity contribution in [1.29, 1.82) is 0 Å². The maximum atomic E-state index is 2.66. The number of rotatable bonds is 7. The molecule has 4 nitrogen and oxygen atoms in total. The fraction of sp³-hybridized carbons (Fsp3) is 0.268. The molecule has 13 rings (SSSR count). The second-order valence-corrected chi connectivity index (χ2v) is 30.1. The van der Waals surface area contributed by atoms with Crippen molar-refractivity contribution in [2.75, 3.05) is 14.7 Å². The van der Waals surface area contributed by atoms with E-state index in [0.717, 1.165) is 22.7 Å². The topological polar surface area (TPSA) is 14.7 Å². The molecule has 0 spiro atoms. The molecule has 11 aromatic rings. The first-order valence-corrected chi connectivity index (χ1v) is 31.5. The highest BCUT2D eigenvalue weighted by molar-refractivity contribution is 7.00. The smallest absolute Gasteiger partial charge is 0.252 e. The minimum Gasteiger partial charge on any atom is -0.311 e. The largest absolute Gasteiger partial charge is 0.311 e. The summed E-state index contributed by atoms with van der Waals surface area (Å²) in [5.41, 5.74) is 29.0. The number of para-hydroxylation sites is 2. The molecule has 10 aromatic carbocycles. The van der Waals surface area contributed by atoms with Gasteiger partial charge in [0.25, 0.3) is 6.71 Å². The number of hydrogen-bond acceptors (Lipinski definition) is 3. The summed E-state index contributed by atoms with van der Waals surface area (Å²) >= 11 is 0. The Morgan fingerprint density at radius 1 is 0.333 bits per heavy atom. The molecule has 0 unspecified atom stereocenters. The molecule has 3 heterocycles. The van der Waals surface area contributed by atoms with E-state index in [0.29, 0.717) is 0 Å². The third-order valence-electron chi connectivity index (χ3n) is 18.7. The van der Waals surface area contributed by atoms with Gasteiger partial charge in [-0.1, -0.05) is 225 Å². The van der Waals surface area contributed by atoms with Crippen LogP contribution in [0.5, 0.6) is 0 Å². The predicted molar refractivity (Wildman–Crippen MR) is 378 cm³/mol. The first-order chi connectivity index (χ1) is 41.1. The molecule has 5 heteroatoms. The molecule has 0 atom stereocenters. The quantitative estimate of drug-likeness (QED) is 0.148. The monoisotopic (exact) mass is 1140 g/mol. The van der Waals surface area contributed by atoms with Crippen molar-refractivity contribution in [3.05, 3.63) is 245 Å². The van der Waals surface area contributed by atoms with Crippen molar-refractivity contribution in [2.24, 2.45) is 0 Å². The molecule has 0 amide bonds. The molecular weight excluding hydrogens is 1050 g/mol. The van der Waals surface area contributed by atoms with Gasteiger partial charge in [-0.2, -0.15) is 0 Å². The van der Waals surface area contributed by atoms with Crippen LogP contribution in [0.3, 0.4) is 0 Å². The lowest BCUT2D eigenvalue weighted by molar-refractivity contribution is 0.589. The van der Waals surface area contributed by atoms with Crippen molar-refractivity contribution in [1.82, 2.24) is 4.57 Å². The second-order valence-electron chi connectivity index (χ2n) is 30.1. The zero-order chi connectivity index (χ0) is 61.4. The van der Waals surface area contributed by atoms with E-state index in [4.69, 9.17) is 0 Å². The number of aryl methyl sites for hydroxylation is 2. The normalized spacial score (nSPS) is 13.5. The lowest BCUT2D eigenvalue weighted by Crippen LogP contribution is -2.61. The van der Waals surface area contributed by atoms with Gasteiger partial charge in [-0.3, -0.25) is 0 Å². The van der Waals surface area contributed by atoms with Gasteiger partial charge < -0.3 is 19.3 Å². The van der Waals surface area contributed by atoms with Gasteiger partial charge in [0.05, 0.1) is 22.4 Å². The molecule has 0 radical (unpaired) electrons. The number of anilines is 9. The van der Waals surface area contributed by atoms with Gasteiger partial charge in [-0.15, -0.1) is 0 Å². The summed E-state index contributed by atoms with van der Waals surface area (Å²) in [6, 6.07) is 79.5. The van der Waals surface area contributed by atoms with Gasteiger partial charge in [0.2, 0.25) is 0 Å². The zero-order valence-corrected chi connectivity index (χ0v) is 54.5. The average molecular weight is 1140 g/mol. The van der Waals surface area contributed by atoms with Crippen LogP contribution in [0.25, 0.3) is 38.6 Å². The summed E-state index contributed by atoms with van der Waals surface area (Å²) < 4.78 is 2.45. The molecule has 0 N–H and O–H groups in total. The van der Waals surface area contributed by atoms with Crippen LogP contribution in [0.2, 0.25) is 0 Å². The van der Waals surface area contributed by atoms with Crippen LogP contribution in [-0.4, -0.2) is 11.3 Å². The van der Waals surface area contributed by atoms with Crippen LogP contribution in [0.4, 0.5) is 51.2 Å². The van der Waals surface area contributed by atoms with Crippen LogP contribution < -0.4 is 31.1 Å². The highest BCUT2D eigenvalue weighted by Crippen LogP contribution is 2.52. The Morgan fingerprint density at radius 2 is 0.805 bits per heavy atom. The lowest BCUT2D eigenvalue weighted by atomic mass is 9.33. The fourth-order valence-corrected chi connectivity index (χ4v) is 13.8. The van der Waals surface area contributed by atoms with Gasteiger partial charge in [-0.05, 0) is 187 Å². The maximum absolute atomic E-state index is 2.66. The van der Waals surface area contributed by atoms with Gasteiger partial charge in [-0.25, -0.2) is 0 Å². The number of hydrogen-bond donors (Lipinski definition) is 0. The Bertz CT molecular complexity index is 4470. The summed E-state index contributed by atoms with van der Waals surface area (Å²) in [7, 11) is 0. The standard InChI is InChI=1S/C82H85BN4/c1-52-44-58(81(12,13)14)45-53(2)77(52)84(62-38-40-65-64-30-24-25-31-69(64)85(71(65)50-62)60-28-22-19-23-29-60)63-39-42-68-73(51-63)86(61-36-32-55(33-37-61)78(3,4)5)74-48-59(82(15,16)17)49-75-76(74)83(68)67-41-34-57(80(9,10)11)47-72(67)87(75)70-43-35-56(79(6,7)8)46-66(70)54-26-20-18-21-27-54/h18-51H,1-17H3. The first-order valence-electron chi connectivity index (χ1n) is 31.5. The molecule has 1 aromatic heterocycles. The van der Waals surface area contributed by atoms with Gasteiger partial charge in [0.1, 0.15) is 0 Å². The summed E-state index contributed by atoms with van der Waals surface area (Å²) in [6.07, 6.45) is 0. The van der Waals surface area contributed by atoms with Crippen LogP contribution >= 0.6 is 0 Å². The van der Waals surface area contributed by atoms with Crippen molar-refractivity contribution >= 4 is 96.1 Å². The molecule has 0 aliphatic carbocycles. The predicted octanol–water partition coefficient (Wildman–Crippen LogP) is 21.1. The van der Waals surface area contributed by atoms with E-state index in [-0.39, 0.29) is 33.8 Å². The molecule has 0 saturated carbocycles.